The van der Waals surface area contributed by atoms with Crippen molar-refractivity contribution >= 4 is 29.3 Å². The predicted molar refractivity (Wildman–Crippen MR) is 149 cm³/mol. The van der Waals surface area contributed by atoms with E-state index < -0.39 is 0 Å². The fraction of sp³-hybridized carbons (Fsp3) is 0.214. The Labute approximate surface area is 230 Å². The van der Waals surface area contributed by atoms with Crippen LogP contribution in [0.15, 0.2) is 78.0 Å². The molecule has 1 aromatic heterocycles. The van der Waals surface area contributed by atoms with E-state index in [4.69, 9.17) is 14.2 Å². The van der Waals surface area contributed by atoms with Crippen LogP contribution in [0.1, 0.15) is 23.1 Å². The van der Waals surface area contributed by atoms with Gasteiger partial charge in [0.2, 0.25) is 5.91 Å². The Balaban J connectivity index is 1.50. The number of amides is 2. The first-order valence-electron chi connectivity index (χ1n) is 12.2. The minimum atomic E-state index is -0.285. The van der Waals surface area contributed by atoms with Gasteiger partial charge in [-0.2, -0.15) is 0 Å². The van der Waals surface area contributed by atoms with E-state index >= 15 is 0 Å². The number of carbonyl (C=O) groups excluding carboxylic acids is 2. The van der Waals surface area contributed by atoms with Gasteiger partial charge in [-0.25, -0.2) is 0 Å². The molecule has 0 fully saturated rings. The largest absolute Gasteiger partial charge is 0.497 e. The maximum Gasteiger partial charge on any atom is 0.251 e. The van der Waals surface area contributed by atoms with Gasteiger partial charge in [-0.3, -0.25) is 14.2 Å². The molecule has 202 valence electrons. The summed E-state index contributed by atoms with van der Waals surface area (Å²) in [5.41, 5.74) is 1.81. The Hall–Kier alpha value is -4.51. The molecule has 0 spiro atoms. The summed E-state index contributed by atoms with van der Waals surface area (Å²) in [4.78, 5) is 25.5. The van der Waals surface area contributed by atoms with Crippen LogP contribution >= 0.6 is 11.8 Å². The lowest BCUT2D eigenvalue weighted by Gasteiger charge is -2.14. The molecule has 3 aromatic carbocycles. The van der Waals surface area contributed by atoms with E-state index in [-0.39, 0.29) is 24.1 Å². The maximum absolute atomic E-state index is 12.8. The van der Waals surface area contributed by atoms with Crippen molar-refractivity contribution in [3.05, 3.63) is 84.2 Å². The number of methoxy groups -OCH3 is 2. The van der Waals surface area contributed by atoms with Gasteiger partial charge in [0, 0.05) is 11.3 Å². The molecule has 0 aliphatic heterocycles. The molecule has 0 saturated carbocycles. The molecule has 4 rings (SSSR count). The van der Waals surface area contributed by atoms with E-state index in [1.807, 2.05) is 31.2 Å². The van der Waals surface area contributed by atoms with Gasteiger partial charge in [-0.05, 0) is 61.5 Å². The normalized spacial score (nSPS) is 10.5. The minimum absolute atomic E-state index is 0.0939. The highest BCUT2D eigenvalue weighted by molar-refractivity contribution is 7.99. The van der Waals surface area contributed by atoms with Gasteiger partial charge in [0.1, 0.15) is 17.2 Å². The van der Waals surface area contributed by atoms with E-state index in [2.05, 4.69) is 20.8 Å². The number of anilines is 1. The smallest absolute Gasteiger partial charge is 0.251 e. The Morgan fingerprint density at radius 3 is 2.46 bits per heavy atom. The van der Waals surface area contributed by atoms with Crippen LogP contribution in [0.25, 0.3) is 5.69 Å². The summed E-state index contributed by atoms with van der Waals surface area (Å²) in [5.74, 6) is 2.00. The third kappa shape index (κ3) is 7.08. The zero-order valence-corrected chi connectivity index (χ0v) is 22.7. The number of ether oxygens (including phenoxy) is 3. The Morgan fingerprint density at radius 2 is 1.72 bits per heavy atom. The molecule has 39 heavy (non-hydrogen) atoms. The molecule has 0 bridgehead atoms. The molecule has 0 aliphatic rings. The highest BCUT2D eigenvalue weighted by Gasteiger charge is 2.19. The van der Waals surface area contributed by atoms with Crippen molar-refractivity contribution in [2.45, 2.75) is 18.6 Å². The molecule has 0 atom stereocenters. The molecule has 0 unspecified atom stereocenters. The molecule has 2 N–H and O–H groups in total. The van der Waals surface area contributed by atoms with Gasteiger partial charge in [-0.1, -0.05) is 30.0 Å². The minimum Gasteiger partial charge on any atom is -0.497 e. The van der Waals surface area contributed by atoms with E-state index in [9.17, 15) is 9.59 Å². The van der Waals surface area contributed by atoms with Crippen LogP contribution in [0.4, 0.5) is 5.69 Å². The van der Waals surface area contributed by atoms with Gasteiger partial charge in [0.15, 0.2) is 11.0 Å². The molecule has 2 amide bonds. The third-order valence-electron chi connectivity index (χ3n) is 5.55. The quantitative estimate of drug-likeness (QED) is 0.252. The molecule has 0 aliphatic carbocycles. The fourth-order valence-electron chi connectivity index (χ4n) is 3.72. The predicted octanol–water partition coefficient (Wildman–Crippen LogP) is 4.34. The fourth-order valence-corrected chi connectivity index (χ4v) is 4.48. The molecule has 1 heterocycles. The summed E-state index contributed by atoms with van der Waals surface area (Å²) >= 11 is 1.22. The first-order chi connectivity index (χ1) is 19.0. The average molecular weight is 548 g/mol. The van der Waals surface area contributed by atoms with E-state index in [0.29, 0.717) is 46.0 Å². The van der Waals surface area contributed by atoms with Crippen LogP contribution < -0.4 is 24.8 Å². The second-order valence-corrected chi connectivity index (χ2v) is 9.06. The number of hydrogen-bond donors (Lipinski definition) is 2. The standard InChI is InChI=1S/C28H29N5O5S/c1-4-38-21-14-12-20(13-15-21)30-26(34)18-39-28-32-31-25(33(28)23-10-5-6-11-24(23)37-3)17-29-27(35)19-8-7-9-22(16-19)36-2/h5-16H,4,17-18H2,1-3H3,(H,29,35)(H,30,34). The zero-order chi connectivity index (χ0) is 27.6. The number of thioether (sulfide) groups is 1. The number of aromatic nitrogens is 3. The lowest BCUT2D eigenvalue weighted by Crippen LogP contribution is -2.24. The highest BCUT2D eigenvalue weighted by Crippen LogP contribution is 2.29. The molecule has 11 heteroatoms. The van der Waals surface area contributed by atoms with E-state index in [0.717, 1.165) is 5.75 Å². The molecular weight excluding hydrogens is 518 g/mol. The van der Waals surface area contributed by atoms with Crippen molar-refractivity contribution in [1.82, 2.24) is 20.1 Å². The number of nitrogens with one attached hydrogen (secondary N) is 2. The number of hydrogen-bond acceptors (Lipinski definition) is 8. The molecule has 10 nitrogen and oxygen atoms in total. The number of para-hydroxylation sites is 2. The highest BCUT2D eigenvalue weighted by atomic mass is 32.2. The average Bonchev–Trinajstić information content (AvgIpc) is 3.38. The molecule has 0 radical (unpaired) electrons. The SMILES string of the molecule is CCOc1ccc(NC(=O)CSc2nnc(CNC(=O)c3cccc(OC)c3)n2-c2ccccc2OC)cc1. The van der Waals surface area contributed by atoms with Crippen molar-refractivity contribution in [2.75, 3.05) is 31.9 Å². The topological polar surface area (TPSA) is 117 Å². The van der Waals surface area contributed by atoms with Crippen LogP contribution in [0, 0.1) is 0 Å². The van der Waals surface area contributed by atoms with Gasteiger partial charge in [-0.15, -0.1) is 10.2 Å². The monoisotopic (exact) mass is 547 g/mol. The number of nitrogens with zero attached hydrogens (tertiary/aromatic N) is 3. The van der Waals surface area contributed by atoms with Crippen LogP contribution in [0.2, 0.25) is 0 Å². The van der Waals surface area contributed by atoms with Crippen molar-refractivity contribution < 1.29 is 23.8 Å². The van der Waals surface area contributed by atoms with Crippen molar-refractivity contribution in [2.24, 2.45) is 0 Å². The molecular formula is C28H29N5O5S. The summed E-state index contributed by atoms with van der Waals surface area (Å²) in [5, 5.41) is 14.9. The van der Waals surface area contributed by atoms with Gasteiger partial charge in [0.25, 0.3) is 5.91 Å². The van der Waals surface area contributed by atoms with E-state index in [1.54, 1.807) is 67.3 Å². The first-order valence-corrected chi connectivity index (χ1v) is 13.2. The van der Waals surface area contributed by atoms with Crippen LogP contribution in [-0.2, 0) is 11.3 Å². The van der Waals surface area contributed by atoms with Crippen LogP contribution in [0.3, 0.4) is 0 Å². The third-order valence-corrected chi connectivity index (χ3v) is 6.48. The van der Waals surface area contributed by atoms with Crippen molar-refractivity contribution in [1.29, 1.82) is 0 Å². The Kier molecular flexibility index (Phi) is 9.41. The van der Waals surface area contributed by atoms with Crippen LogP contribution in [-0.4, -0.2) is 53.2 Å². The van der Waals surface area contributed by atoms with Crippen LogP contribution in [0.5, 0.6) is 17.2 Å². The van der Waals surface area contributed by atoms with Crippen molar-refractivity contribution in [3.63, 3.8) is 0 Å². The zero-order valence-electron chi connectivity index (χ0n) is 21.8. The first kappa shape index (κ1) is 27.5. The summed E-state index contributed by atoms with van der Waals surface area (Å²) in [6.07, 6.45) is 0. The van der Waals surface area contributed by atoms with Gasteiger partial charge >= 0.3 is 0 Å². The summed E-state index contributed by atoms with van der Waals surface area (Å²) in [6.45, 7) is 2.58. The van der Waals surface area contributed by atoms with Crippen molar-refractivity contribution in [3.8, 4) is 22.9 Å². The second kappa shape index (κ2) is 13.3. The molecule has 0 saturated heterocycles. The Bertz CT molecular complexity index is 1420. The lowest BCUT2D eigenvalue weighted by atomic mass is 10.2. The Morgan fingerprint density at radius 1 is 0.923 bits per heavy atom. The number of benzene rings is 3. The summed E-state index contributed by atoms with van der Waals surface area (Å²) in [6, 6.07) is 21.5. The summed E-state index contributed by atoms with van der Waals surface area (Å²) < 4.78 is 18.0. The maximum atomic E-state index is 12.8. The second-order valence-electron chi connectivity index (χ2n) is 8.11. The number of rotatable bonds is 12. The van der Waals surface area contributed by atoms with Gasteiger partial charge < -0.3 is 24.8 Å². The van der Waals surface area contributed by atoms with E-state index in [1.165, 1.54) is 11.8 Å². The van der Waals surface area contributed by atoms with Gasteiger partial charge in [0.05, 0.1) is 38.8 Å². The summed E-state index contributed by atoms with van der Waals surface area (Å²) in [7, 11) is 3.12. The number of carbonyl (C=O) groups is 2. The molecule has 4 aromatic rings. The lowest BCUT2D eigenvalue weighted by molar-refractivity contribution is -0.113.